The van der Waals surface area contributed by atoms with Gasteiger partial charge in [-0.05, 0) is 37.3 Å². The van der Waals surface area contributed by atoms with E-state index in [1.165, 1.54) is 6.07 Å². The maximum Gasteiger partial charge on any atom is 0.359 e. The van der Waals surface area contributed by atoms with Crippen molar-refractivity contribution in [2.24, 2.45) is 0 Å². The number of hydrogen-bond donors (Lipinski definition) is 2. The van der Waals surface area contributed by atoms with E-state index < -0.39 is 17.6 Å². The number of carbonyl (C=O) groups excluding carboxylic acids is 2. The Morgan fingerprint density at radius 1 is 1.09 bits per heavy atom. The number of esters is 1. The molecule has 0 spiro atoms. The molecule has 33 heavy (non-hydrogen) atoms. The van der Waals surface area contributed by atoms with Crippen LogP contribution < -0.4 is 16.2 Å². The number of hydrogen-bond acceptors (Lipinski definition) is 6. The second-order valence-electron chi connectivity index (χ2n) is 6.68. The van der Waals surface area contributed by atoms with E-state index in [0.717, 1.165) is 16.0 Å². The summed E-state index contributed by atoms with van der Waals surface area (Å²) in [6, 6.07) is 12.7. The van der Waals surface area contributed by atoms with Crippen LogP contribution in [-0.2, 0) is 4.74 Å². The summed E-state index contributed by atoms with van der Waals surface area (Å²) in [4.78, 5) is 38.5. The van der Waals surface area contributed by atoms with E-state index in [1.807, 2.05) is 0 Å². The maximum atomic E-state index is 13.3. The van der Waals surface area contributed by atoms with Crippen molar-refractivity contribution in [3.8, 4) is 5.69 Å². The first-order valence-electron chi connectivity index (χ1n) is 9.69. The van der Waals surface area contributed by atoms with Crippen molar-refractivity contribution in [1.82, 2.24) is 9.78 Å². The molecule has 2 heterocycles. The van der Waals surface area contributed by atoms with Crippen LogP contribution in [0.3, 0.4) is 0 Å². The minimum Gasteiger partial charge on any atom is -0.461 e. The molecule has 0 aliphatic carbocycles. The van der Waals surface area contributed by atoms with E-state index in [4.69, 9.17) is 27.9 Å². The lowest BCUT2D eigenvalue weighted by Gasteiger charge is -2.10. The molecular weight excluding hydrogens is 487 g/mol. The number of benzene rings is 2. The van der Waals surface area contributed by atoms with Gasteiger partial charge in [0.2, 0.25) is 0 Å². The molecule has 4 aromatic rings. The van der Waals surface area contributed by atoms with Crippen LogP contribution in [0.2, 0.25) is 10.0 Å². The number of urea groups is 1. The molecule has 0 saturated heterocycles. The number of nitrogens with one attached hydrogen (secondary N) is 2. The molecule has 0 aliphatic heterocycles. The Hall–Kier alpha value is -3.40. The largest absolute Gasteiger partial charge is 0.461 e. The third-order valence-electron chi connectivity index (χ3n) is 4.53. The van der Waals surface area contributed by atoms with Gasteiger partial charge in [-0.15, -0.1) is 11.3 Å². The van der Waals surface area contributed by atoms with Gasteiger partial charge in [-0.1, -0.05) is 41.4 Å². The molecule has 0 saturated carbocycles. The minimum atomic E-state index is -0.670. The molecule has 2 amide bonds. The van der Waals surface area contributed by atoms with Gasteiger partial charge < -0.3 is 10.1 Å². The molecule has 0 aliphatic rings. The SMILES string of the molecule is CCOC(=O)c1nn(-c2ccccc2)c(=O)c2c(NC(=O)Nc3ccc(Cl)c(Cl)c3)scc12. The van der Waals surface area contributed by atoms with Gasteiger partial charge in [0.1, 0.15) is 5.00 Å². The third kappa shape index (κ3) is 4.70. The number of anilines is 2. The fourth-order valence-electron chi connectivity index (χ4n) is 3.08. The zero-order chi connectivity index (χ0) is 23.5. The molecule has 2 aromatic carbocycles. The van der Waals surface area contributed by atoms with Crippen molar-refractivity contribution in [3.05, 3.63) is 80.0 Å². The van der Waals surface area contributed by atoms with Crippen LogP contribution in [0.25, 0.3) is 16.5 Å². The minimum absolute atomic E-state index is 0.0236. The Morgan fingerprint density at radius 2 is 1.85 bits per heavy atom. The van der Waals surface area contributed by atoms with E-state index in [-0.39, 0.29) is 27.7 Å². The first-order valence-corrected chi connectivity index (χ1v) is 11.3. The van der Waals surface area contributed by atoms with Gasteiger partial charge in [-0.2, -0.15) is 9.78 Å². The van der Waals surface area contributed by atoms with Crippen LogP contribution in [0.5, 0.6) is 0 Å². The summed E-state index contributed by atoms with van der Waals surface area (Å²) >= 11 is 13.0. The quantitative estimate of drug-likeness (QED) is 0.347. The molecule has 0 unspecified atom stereocenters. The van der Waals surface area contributed by atoms with Crippen LogP contribution in [0.15, 0.2) is 58.7 Å². The van der Waals surface area contributed by atoms with Crippen LogP contribution in [0, 0.1) is 0 Å². The van der Waals surface area contributed by atoms with Crippen molar-refractivity contribution in [2.45, 2.75) is 6.92 Å². The van der Waals surface area contributed by atoms with E-state index in [0.29, 0.717) is 21.8 Å². The first kappa shape index (κ1) is 22.8. The molecule has 2 N–H and O–H groups in total. The predicted molar refractivity (Wildman–Crippen MR) is 130 cm³/mol. The molecule has 4 rings (SSSR count). The van der Waals surface area contributed by atoms with Gasteiger partial charge in [0.15, 0.2) is 5.69 Å². The van der Waals surface area contributed by atoms with Gasteiger partial charge in [0, 0.05) is 16.5 Å². The molecule has 2 aromatic heterocycles. The normalized spacial score (nSPS) is 10.8. The summed E-state index contributed by atoms with van der Waals surface area (Å²) in [6.45, 7) is 1.82. The number of amides is 2. The van der Waals surface area contributed by atoms with Crippen molar-refractivity contribution in [1.29, 1.82) is 0 Å². The smallest absolute Gasteiger partial charge is 0.359 e. The molecule has 8 nitrogen and oxygen atoms in total. The second-order valence-corrected chi connectivity index (χ2v) is 8.38. The van der Waals surface area contributed by atoms with Crippen molar-refractivity contribution in [2.75, 3.05) is 17.2 Å². The number of para-hydroxylation sites is 1. The molecule has 0 radical (unpaired) electrons. The van der Waals surface area contributed by atoms with Gasteiger partial charge in [0.05, 0.1) is 27.7 Å². The monoisotopic (exact) mass is 502 g/mol. The average molecular weight is 503 g/mol. The standard InChI is InChI=1S/C22H16Cl2N4O4S/c1-2-32-21(30)18-14-11-33-19(26-22(31)25-12-8-9-15(23)16(24)10-12)17(14)20(29)28(27-18)13-6-4-3-5-7-13/h3-11H,2H2,1H3,(H2,25,26,31). The lowest BCUT2D eigenvalue weighted by atomic mass is 10.2. The van der Waals surface area contributed by atoms with Gasteiger partial charge in [-0.25, -0.2) is 9.59 Å². The lowest BCUT2D eigenvalue weighted by Crippen LogP contribution is -2.26. The van der Waals surface area contributed by atoms with E-state index in [9.17, 15) is 14.4 Å². The van der Waals surface area contributed by atoms with Crippen LogP contribution in [-0.4, -0.2) is 28.4 Å². The van der Waals surface area contributed by atoms with Crippen LogP contribution in [0.4, 0.5) is 15.5 Å². The Balaban J connectivity index is 1.77. The highest BCUT2D eigenvalue weighted by molar-refractivity contribution is 7.16. The zero-order valence-corrected chi connectivity index (χ0v) is 19.4. The molecule has 168 valence electrons. The zero-order valence-electron chi connectivity index (χ0n) is 17.1. The Labute approximate surface area is 201 Å². The molecule has 0 fully saturated rings. The summed E-state index contributed by atoms with van der Waals surface area (Å²) in [5.41, 5.74) is 0.366. The first-order chi connectivity index (χ1) is 15.9. The van der Waals surface area contributed by atoms with Gasteiger partial charge >= 0.3 is 12.0 Å². The highest BCUT2D eigenvalue weighted by atomic mass is 35.5. The van der Waals surface area contributed by atoms with Crippen molar-refractivity contribution < 1.29 is 14.3 Å². The van der Waals surface area contributed by atoms with E-state index in [2.05, 4.69) is 15.7 Å². The molecule has 0 bridgehead atoms. The number of fused-ring (bicyclic) bond motifs is 1. The van der Waals surface area contributed by atoms with Gasteiger partial charge in [-0.3, -0.25) is 10.1 Å². The summed E-state index contributed by atoms with van der Waals surface area (Å²) in [5, 5.41) is 12.5. The van der Waals surface area contributed by atoms with Crippen LogP contribution >= 0.6 is 34.5 Å². The summed E-state index contributed by atoms with van der Waals surface area (Å²) in [5.74, 6) is -0.670. The Morgan fingerprint density at radius 3 is 2.55 bits per heavy atom. The van der Waals surface area contributed by atoms with Crippen molar-refractivity contribution in [3.63, 3.8) is 0 Å². The second kappa shape index (κ2) is 9.62. The molecule has 0 atom stereocenters. The fourth-order valence-corrected chi connectivity index (χ4v) is 4.31. The number of halogens is 2. The Bertz CT molecular complexity index is 1420. The maximum absolute atomic E-state index is 13.3. The summed E-state index contributed by atoms with van der Waals surface area (Å²) in [7, 11) is 0. The number of carbonyl (C=O) groups is 2. The van der Waals surface area contributed by atoms with Gasteiger partial charge in [0.25, 0.3) is 5.56 Å². The molecule has 11 heteroatoms. The van der Waals surface area contributed by atoms with E-state index in [1.54, 1.807) is 54.8 Å². The molecular formula is C22H16Cl2N4O4S. The number of rotatable bonds is 5. The lowest BCUT2D eigenvalue weighted by molar-refractivity contribution is 0.0520. The predicted octanol–water partition coefficient (Wildman–Crippen LogP) is 5.57. The topological polar surface area (TPSA) is 102 Å². The Kier molecular flexibility index (Phi) is 6.64. The summed E-state index contributed by atoms with van der Waals surface area (Å²) < 4.78 is 6.24. The number of aromatic nitrogens is 2. The van der Waals surface area contributed by atoms with Crippen LogP contribution in [0.1, 0.15) is 17.4 Å². The fraction of sp³-hybridized carbons (Fsp3) is 0.0909. The number of nitrogens with zero attached hydrogens (tertiary/aromatic N) is 2. The third-order valence-corrected chi connectivity index (χ3v) is 6.16. The highest BCUT2D eigenvalue weighted by Crippen LogP contribution is 2.31. The average Bonchev–Trinajstić information content (AvgIpc) is 3.21. The van der Waals surface area contributed by atoms with E-state index >= 15 is 0 Å². The highest BCUT2D eigenvalue weighted by Gasteiger charge is 2.23. The number of thiophene rings is 1. The summed E-state index contributed by atoms with van der Waals surface area (Å²) in [6.07, 6.45) is 0. The van der Waals surface area contributed by atoms with Crippen molar-refractivity contribution >= 4 is 68.0 Å². The number of ether oxygens (including phenoxy) is 1.